The van der Waals surface area contributed by atoms with Crippen LogP contribution in [0.2, 0.25) is 0 Å². The largest absolute Gasteiger partial charge is 0.506 e. The molecule has 1 aromatic heterocycles. The monoisotopic (exact) mass is 555 g/mol. The second-order valence-corrected chi connectivity index (χ2v) is 11.0. The molecule has 1 N–H and O–H groups in total. The van der Waals surface area contributed by atoms with E-state index in [0.717, 1.165) is 11.1 Å². The topological polar surface area (TPSA) is 98.4 Å². The molecule has 1 aliphatic heterocycles. The SMILES string of the molecule is COc1c(OC(=O)N(C)c2cccc(C)c2)cc2oc3cc4c(c(O)c3c(=O)c2c1CC=C(C)C)C=CC(C)(C)O4. The summed E-state index contributed by atoms with van der Waals surface area (Å²) in [5.41, 5.74) is 2.88. The van der Waals surface area contributed by atoms with Gasteiger partial charge in [-0.3, -0.25) is 9.69 Å². The van der Waals surface area contributed by atoms with Crippen LogP contribution in [0.3, 0.4) is 0 Å². The number of phenolic OH excluding ortho intramolecular Hbond substituents is 1. The third-order valence-corrected chi connectivity index (χ3v) is 7.05. The summed E-state index contributed by atoms with van der Waals surface area (Å²) in [5, 5.41) is 11.5. The van der Waals surface area contributed by atoms with Gasteiger partial charge in [0.05, 0.1) is 18.1 Å². The molecule has 0 atom stereocenters. The molecule has 0 fully saturated rings. The Balaban J connectivity index is 1.73. The first kappa shape index (κ1) is 27.8. The predicted molar refractivity (Wildman–Crippen MR) is 161 cm³/mol. The van der Waals surface area contributed by atoms with Crippen LogP contribution in [0.25, 0.3) is 28.0 Å². The van der Waals surface area contributed by atoms with Crippen molar-refractivity contribution >= 4 is 39.8 Å². The number of amides is 1. The van der Waals surface area contributed by atoms with Crippen molar-refractivity contribution in [1.82, 2.24) is 0 Å². The van der Waals surface area contributed by atoms with Crippen molar-refractivity contribution in [1.29, 1.82) is 0 Å². The van der Waals surface area contributed by atoms with Gasteiger partial charge in [0.15, 0.2) is 11.5 Å². The minimum absolute atomic E-state index is 0.0358. The Bertz CT molecular complexity index is 1820. The number of methoxy groups -OCH3 is 1. The number of phenols is 1. The van der Waals surface area contributed by atoms with Crippen LogP contribution in [0, 0.1) is 6.92 Å². The van der Waals surface area contributed by atoms with Gasteiger partial charge in [-0.25, -0.2) is 4.79 Å². The van der Waals surface area contributed by atoms with Gasteiger partial charge < -0.3 is 23.7 Å². The first-order chi connectivity index (χ1) is 19.4. The fourth-order valence-corrected chi connectivity index (χ4v) is 4.93. The van der Waals surface area contributed by atoms with Crippen molar-refractivity contribution in [3.8, 4) is 23.0 Å². The smallest absolute Gasteiger partial charge is 0.419 e. The fraction of sp³-hybridized carbons (Fsp3) is 0.273. The Labute approximate surface area is 238 Å². The second kappa shape index (κ2) is 10.4. The van der Waals surface area contributed by atoms with Crippen LogP contribution in [-0.2, 0) is 6.42 Å². The van der Waals surface area contributed by atoms with E-state index in [0.29, 0.717) is 29.0 Å². The van der Waals surface area contributed by atoms with E-state index in [-0.39, 0.29) is 39.2 Å². The number of benzene rings is 3. The molecule has 3 aromatic carbocycles. The number of carbonyl (C=O) groups excluding carboxylic acids is 1. The zero-order chi connectivity index (χ0) is 29.6. The van der Waals surface area contributed by atoms with Gasteiger partial charge in [0.25, 0.3) is 0 Å². The van der Waals surface area contributed by atoms with Crippen LogP contribution in [0.1, 0.15) is 44.4 Å². The first-order valence-corrected chi connectivity index (χ1v) is 13.3. The summed E-state index contributed by atoms with van der Waals surface area (Å²) >= 11 is 0. The van der Waals surface area contributed by atoms with Crippen LogP contribution in [0.5, 0.6) is 23.0 Å². The molecule has 0 saturated carbocycles. The minimum atomic E-state index is -0.640. The number of aryl methyl sites for hydroxylation is 1. The van der Waals surface area contributed by atoms with Crippen molar-refractivity contribution in [2.45, 2.75) is 46.6 Å². The molecule has 1 aliphatic rings. The third kappa shape index (κ3) is 5.13. The summed E-state index contributed by atoms with van der Waals surface area (Å²) in [6.45, 7) is 9.60. The van der Waals surface area contributed by atoms with Crippen molar-refractivity contribution in [3.05, 3.63) is 81.0 Å². The highest BCUT2D eigenvalue weighted by Gasteiger charge is 2.29. The lowest BCUT2D eigenvalue weighted by atomic mass is 9.97. The summed E-state index contributed by atoms with van der Waals surface area (Å²) in [6, 6.07) is 10.6. The van der Waals surface area contributed by atoms with Crippen LogP contribution in [0.4, 0.5) is 10.5 Å². The lowest BCUT2D eigenvalue weighted by Crippen LogP contribution is -2.29. The molecule has 0 radical (unpaired) electrons. The summed E-state index contributed by atoms with van der Waals surface area (Å²) in [6.07, 6.45) is 5.17. The molecule has 0 bridgehead atoms. The van der Waals surface area contributed by atoms with E-state index >= 15 is 0 Å². The van der Waals surface area contributed by atoms with Crippen LogP contribution >= 0.6 is 0 Å². The average Bonchev–Trinajstić information content (AvgIpc) is 2.90. The normalized spacial score (nSPS) is 13.4. The Hall–Kier alpha value is -4.72. The summed E-state index contributed by atoms with van der Waals surface area (Å²) in [4.78, 5) is 28.7. The molecule has 4 aromatic rings. The maximum atomic E-state index is 14.0. The number of anilines is 1. The molecule has 8 heteroatoms. The maximum Gasteiger partial charge on any atom is 0.419 e. The molecule has 212 valence electrons. The number of aromatic hydroxyl groups is 1. The standard InChI is InChI=1S/C33H33NO7/c1-18(2)11-12-22-27-24(17-26(31(22)38-7)40-32(37)34(6)20-10-8-9-19(3)15-20)39-25-16-23-21(13-14-33(4,5)41-23)29(35)28(25)30(27)36/h8-11,13-17,35H,12H2,1-7H3. The number of hydrogen-bond acceptors (Lipinski definition) is 7. The molecule has 0 unspecified atom stereocenters. The van der Waals surface area contributed by atoms with Crippen molar-refractivity contribution in [3.63, 3.8) is 0 Å². The highest BCUT2D eigenvalue weighted by molar-refractivity contribution is 6.00. The van der Waals surface area contributed by atoms with E-state index < -0.39 is 17.1 Å². The van der Waals surface area contributed by atoms with Crippen molar-refractivity contribution in [2.24, 2.45) is 0 Å². The number of allylic oxidation sites excluding steroid dienone is 2. The van der Waals surface area contributed by atoms with Crippen LogP contribution in [0.15, 0.2) is 63.3 Å². The fourth-order valence-electron chi connectivity index (χ4n) is 4.93. The summed E-state index contributed by atoms with van der Waals surface area (Å²) < 4.78 is 23.8. The van der Waals surface area contributed by atoms with Crippen LogP contribution in [-0.4, -0.2) is 31.0 Å². The third-order valence-electron chi connectivity index (χ3n) is 7.05. The van der Waals surface area contributed by atoms with Crippen LogP contribution < -0.4 is 24.5 Å². The number of fused-ring (bicyclic) bond motifs is 3. The quantitative estimate of drug-likeness (QED) is 0.204. The van der Waals surface area contributed by atoms with Gasteiger partial charge in [0.2, 0.25) is 5.43 Å². The molecule has 0 spiro atoms. The number of rotatable bonds is 5. The van der Waals surface area contributed by atoms with Crippen molar-refractivity contribution < 1.29 is 28.5 Å². The Morgan fingerprint density at radius 2 is 1.85 bits per heavy atom. The van der Waals surface area contributed by atoms with Gasteiger partial charge in [0, 0.05) is 30.4 Å². The molecule has 0 saturated heterocycles. The first-order valence-electron chi connectivity index (χ1n) is 13.3. The van der Waals surface area contributed by atoms with Gasteiger partial charge >= 0.3 is 6.09 Å². The van der Waals surface area contributed by atoms with E-state index in [1.54, 1.807) is 19.2 Å². The number of ether oxygens (including phenoxy) is 3. The molecule has 1 amide bonds. The molecule has 5 rings (SSSR count). The summed E-state index contributed by atoms with van der Waals surface area (Å²) in [5.74, 6) is 0.513. The van der Waals surface area contributed by atoms with Crippen molar-refractivity contribution in [2.75, 3.05) is 19.1 Å². The average molecular weight is 556 g/mol. The highest BCUT2D eigenvalue weighted by Crippen LogP contribution is 2.43. The number of nitrogens with zero attached hydrogens (tertiary/aromatic N) is 1. The predicted octanol–water partition coefficient (Wildman–Crippen LogP) is 7.30. The lowest BCUT2D eigenvalue weighted by Gasteiger charge is -2.28. The van der Waals surface area contributed by atoms with Gasteiger partial charge in [-0.15, -0.1) is 0 Å². The van der Waals surface area contributed by atoms with Gasteiger partial charge in [-0.2, -0.15) is 0 Å². The van der Waals surface area contributed by atoms with E-state index in [1.807, 2.05) is 71.0 Å². The van der Waals surface area contributed by atoms with Gasteiger partial charge in [-0.05, 0) is 70.9 Å². The second-order valence-electron chi connectivity index (χ2n) is 11.0. The Kier molecular flexibility index (Phi) is 7.03. The van der Waals surface area contributed by atoms with E-state index in [9.17, 15) is 14.7 Å². The van der Waals surface area contributed by atoms with E-state index in [2.05, 4.69) is 0 Å². The number of carbonyl (C=O) groups is 1. The summed E-state index contributed by atoms with van der Waals surface area (Å²) in [7, 11) is 3.07. The van der Waals surface area contributed by atoms with E-state index in [1.165, 1.54) is 18.1 Å². The number of hydrogen-bond donors (Lipinski definition) is 1. The zero-order valence-electron chi connectivity index (χ0n) is 24.2. The minimum Gasteiger partial charge on any atom is -0.506 e. The Morgan fingerprint density at radius 3 is 2.54 bits per heavy atom. The van der Waals surface area contributed by atoms with Gasteiger partial charge in [-0.1, -0.05) is 23.8 Å². The van der Waals surface area contributed by atoms with Gasteiger partial charge in [0.1, 0.15) is 33.7 Å². The molecule has 2 heterocycles. The highest BCUT2D eigenvalue weighted by atomic mass is 16.6. The lowest BCUT2D eigenvalue weighted by molar-refractivity contribution is 0.158. The molecule has 8 nitrogen and oxygen atoms in total. The maximum absolute atomic E-state index is 14.0. The molecule has 0 aliphatic carbocycles. The Morgan fingerprint density at radius 1 is 1.12 bits per heavy atom. The molecular weight excluding hydrogens is 522 g/mol. The van der Waals surface area contributed by atoms with E-state index in [4.69, 9.17) is 18.6 Å². The molecule has 41 heavy (non-hydrogen) atoms. The molecular formula is C33H33NO7. The zero-order valence-corrected chi connectivity index (χ0v) is 24.2.